The Balaban J connectivity index is 1.99. The van der Waals surface area contributed by atoms with Gasteiger partial charge in [0.15, 0.2) is 0 Å². The van der Waals surface area contributed by atoms with Crippen molar-refractivity contribution in [3.63, 3.8) is 0 Å². The molecule has 0 aliphatic carbocycles. The van der Waals surface area contributed by atoms with Gasteiger partial charge in [0, 0.05) is 12.0 Å². The number of carboxylic acid groups (broad SMARTS) is 1. The van der Waals surface area contributed by atoms with E-state index in [1.165, 1.54) is 0 Å². The Morgan fingerprint density at radius 3 is 2.21 bits per heavy atom. The van der Waals surface area contributed by atoms with Crippen LogP contribution in [0.15, 0.2) is 11.1 Å². The summed E-state index contributed by atoms with van der Waals surface area (Å²) >= 11 is 0. The van der Waals surface area contributed by atoms with E-state index in [1.807, 2.05) is 6.92 Å². The Morgan fingerprint density at radius 1 is 1.29 bits per heavy atom. The summed E-state index contributed by atoms with van der Waals surface area (Å²) in [4.78, 5) is 11.0. The average Bonchev–Trinajstić information content (AvgIpc) is 2.94. The minimum atomic E-state index is -0.821. The van der Waals surface area contributed by atoms with Gasteiger partial charge in [-0.05, 0) is 13.3 Å². The van der Waals surface area contributed by atoms with Gasteiger partial charge in [0.1, 0.15) is 0 Å². The highest BCUT2D eigenvalue weighted by molar-refractivity contribution is 5.87. The SMILES string of the molecule is C/C(CC1CO1)=C(\CC1CO1)C(=O)O. The highest BCUT2D eigenvalue weighted by Gasteiger charge is 2.29. The molecule has 2 saturated heterocycles. The lowest BCUT2D eigenvalue weighted by Crippen LogP contribution is -2.07. The van der Waals surface area contributed by atoms with E-state index in [0.29, 0.717) is 18.6 Å². The molecule has 0 amide bonds. The Bertz CT molecular complexity index is 274. The second kappa shape index (κ2) is 3.71. The lowest BCUT2D eigenvalue weighted by atomic mass is 10.0. The highest BCUT2D eigenvalue weighted by atomic mass is 16.6. The van der Waals surface area contributed by atoms with Gasteiger partial charge in [0.2, 0.25) is 0 Å². The van der Waals surface area contributed by atoms with E-state index in [1.54, 1.807) is 0 Å². The van der Waals surface area contributed by atoms with E-state index < -0.39 is 5.97 Å². The molecule has 0 aromatic heterocycles. The summed E-state index contributed by atoms with van der Waals surface area (Å²) in [5.41, 5.74) is 1.43. The molecule has 78 valence electrons. The van der Waals surface area contributed by atoms with E-state index in [0.717, 1.165) is 18.6 Å². The van der Waals surface area contributed by atoms with Crippen LogP contribution in [0.25, 0.3) is 0 Å². The molecule has 2 atom stereocenters. The van der Waals surface area contributed by atoms with Crippen LogP contribution in [0.1, 0.15) is 19.8 Å². The van der Waals surface area contributed by atoms with Gasteiger partial charge in [0.25, 0.3) is 0 Å². The van der Waals surface area contributed by atoms with Crippen molar-refractivity contribution >= 4 is 5.97 Å². The van der Waals surface area contributed by atoms with E-state index in [9.17, 15) is 4.79 Å². The summed E-state index contributed by atoms with van der Waals surface area (Å²) in [6, 6.07) is 0. The average molecular weight is 198 g/mol. The number of hydrogen-bond donors (Lipinski definition) is 1. The lowest BCUT2D eigenvalue weighted by Gasteiger charge is -2.05. The molecule has 0 radical (unpaired) electrons. The first-order valence-corrected chi connectivity index (χ1v) is 4.82. The summed E-state index contributed by atoms with van der Waals surface area (Å²) < 4.78 is 10.1. The number of rotatable bonds is 5. The smallest absolute Gasteiger partial charge is 0.331 e. The third-order valence-electron chi connectivity index (χ3n) is 2.54. The Labute approximate surface area is 82.5 Å². The van der Waals surface area contributed by atoms with Crippen molar-refractivity contribution in [3.8, 4) is 0 Å². The molecule has 0 aromatic rings. The first-order chi connectivity index (χ1) is 6.66. The number of carbonyl (C=O) groups is 1. The minimum Gasteiger partial charge on any atom is -0.478 e. The number of hydrogen-bond acceptors (Lipinski definition) is 3. The van der Waals surface area contributed by atoms with Crippen LogP contribution in [0.3, 0.4) is 0 Å². The number of aliphatic carboxylic acids is 1. The van der Waals surface area contributed by atoms with Gasteiger partial charge >= 0.3 is 5.97 Å². The van der Waals surface area contributed by atoms with Crippen molar-refractivity contribution in [2.45, 2.75) is 32.0 Å². The van der Waals surface area contributed by atoms with Crippen LogP contribution in [0.2, 0.25) is 0 Å². The third kappa shape index (κ3) is 2.56. The molecule has 2 unspecified atom stereocenters. The zero-order valence-corrected chi connectivity index (χ0v) is 8.16. The van der Waals surface area contributed by atoms with Gasteiger partial charge in [-0.1, -0.05) is 5.57 Å². The molecule has 4 nitrogen and oxygen atoms in total. The van der Waals surface area contributed by atoms with Crippen LogP contribution in [0.4, 0.5) is 0 Å². The minimum absolute atomic E-state index is 0.135. The number of epoxide rings is 2. The molecule has 14 heavy (non-hydrogen) atoms. The fourth-order valence-corrected chi connectivity index (χ4v) is 1.51. The molecule has 2 aliphatic heterocycles. The van der Waals surface area contributed by atoms with E-state index in [2.05, 4.69) is 0 Å². The number of ether oxygens (including phenoxy) is 2. The van der Waals surface area contributed by atoms with Gasteiger partial charge in [0.05, 0.1) is 25.4 Å². The Hall–Kier alpha value is -0.870. The maximum absolute atomic E-state index is 11.0. The number of carboxylic acids is 1. The third-order valence-corrected chi connectivity index (χ3v) is 2.54. The zero-order valence-electron chi connectivity index (χ0n) is 8.16. The molecule has 2 aliphatic rings. The molecule has 0 spiro atoms. The van der Waals surface area contributed by atoms with Crippen molar-refractivity contribution in [1.82, 2.24) is 0 Å². The van der Waals surface area contributed by atoms with Crippen LogP contribution in [0, 0.1) is 0 Å². The monoisotopic (exact) mass is 198 g/mol. The van der Waals surface area contributed by atoms with Gasteiger partial charge in [-0.2, -0.15) is 0 Å². The zero-order chi connectivity index (χ0) is 10.1. The van der Waals surface area contributed by atoms with Crippen LogP contribution in [-0.2, 0) is 14.3 Å². The molecule has 0 saturated carbocycles. The van der Waals surface area contributed by atoms with Crippen LogP contribution < -0.4 is 0 Å². The summed E-state index contributed by atoms with van der Waals surface area (Å²) in [5, 5.41) is 9.00. The molecular weight excluding hydrogens is 184 g/mol. The molecule has 2 fully saturated rings. The summed E-state index contributed by atoms with van der Waals surface area (Å²) in [5.74, 6) is -0.821. The molecule has 4 heteroatoms. The first-order valence-electron chi connectivity index (χ1n) is 4.82. The van der Waals surface area contributed by atoms with E-state index in [-0.39, 0.29) is 12.2 Å². The van der Waals surface area contributed by atoms with E-state index in [4.69, 9.17) is 14.6 Å². The second-order valence-electron chi connectivity index (χ2n) is 3.88. The molecule has 0 bridgehead atoms. The van der Waals surface area contributed by atoms with Crippen molar-refractivity contribution < 1.29 is 19.4 Å². The van der Waals surface area contributed by atoms with Crippen LogP contribution in [-0.4, -0.2) is 36.5 Å². The molecule has 2 rings (SSSR count). The normalized spacial score (nSPS) is 30.9. The second-order valence-corrected chi connectivity index (χ2v) is 3.88. The lowest BCUT2D eigenvalue weighted by molar-refractivity contribution is -0.132. The molecule has 1 N–H and O–H groups in total. The predicted octanol–water partition coefficient (Wildman–Crippen LogP) is 0.965. The summed E-state index contributed by atoms with van der Waals surface area (Å²) in [6.45, 7) is 3.33. The fraction of sp³-hybridized carbons (Fsp3) is 0.700. The van der Waals surface area contributed by atoms with Crippen LogP contribution >= 0.6 is 0 Å². The maximum Gasteiger partial charge on any atom is 0.331 e. The topological polar surface area (TPSA) is 62.4 Å². The van der Waals surface area contributed by atoms with Gasteiger partial charge < -0.3 is 14.6 Å². The fourth-order valence-electron chi connectivity index (χ4n) is 1.51. The van der Waals surface area contributed by atoms with Gasteiger partial charge in [-0.25, -0.2) is 4.79 Å². The molecular formula is C10H14O4. The first kappa shape index (κ1) is 9.68. The van der Waals surface area contributed by atoms with Crippen molar-refractivity contribution in [2.75, 3.05) is 13.2 Å². The van der Waals surface area contributed by atoms with Crippen molar-refractivity contribution in [1.29, 1.82) is 0 Å². The predicted molar refractivity (Wildman–Crippen MR) is 49.0 cm³/mol. The van der Waals surface area contributed by atoms with E-state index >= 15 is 0 Å². The standard InChI is InChI=1S/C10H14O4/c1-6(2-7-4-13-7)9(10(11)12)3-8-5-14-8/h7-8H,2-5H2,1H3,(H,11,12)/b9-6-. The largest absolute Gasteiger partial charge is 0.478 e. The Morgan fingerprint density at radius 2 is 1.79 bits per heavy atom. The van der Waals surface area contributed by atoms with Crippen molar-refractivity contribution in [3.05, 3.63) is 11.1 Å². The highest BCUT2D eigenvalue weighted by Crippen LogP contribution is 2.26. The van der Waals surface area contributed by atoms with Crippen LogP contribution in [0.5, 0.6) is 0 Å². The maximum atomic E-state index is 11.0. The van der Waals surface area contributed by atoms with Gasteiger partial charge in [-0.3, -0.25) is 0 Å². The van der Waals surface area contributed by atoms with Gasteiger partial charge in [-0.15, -0.1) is 0 Å². The molecule has 2 heterocycles. The van der Waals surface area contributed by atoms with Crippen molar-refractivity contribution in [2.24, 2.45) is 0 Å². The summed E-state index contributed by atoms with van der Waals surface area (Å²) in [7, 11) is 0. The quantitative estimate of drug-likeness (QED) is 0.528. The Kier molecular flexibility index (Phi) is 2.56. The summed E-state index contributed by atoms with van der Waals surface area (Å²) in [6.07, 6.45) is 1.67. The molecule has 0 aromatic carbocycles.